The quantitative estimate of drug-likeness (QED) is 0.382. The Labute approximate surface area is 183 Å². The van der Waals surface area contributed by atoms with Crippen molar-refractivity contribution in [2.24, 2.45) is 0 Å². The number of anilines is 1. The van der Waals surface area contributed by atoms with Crippen molar-refractivity contribution in [1.29, 1.82) is 0 Å². The van der Waals surface area contributed by atoms with Gasteiger partial charge >= 0.3 is 0 Å². The fourth-order valence-electron chi connectivity index (χ4n) is 2.91. The maximum atomic E-state index is 14.4. The van der Waals surface area contributed by atoms with Crippen LogP contribution in [0.15, 0.2) is 65.6 Å². The molecule has 1 N–H and O–H groups in total. The van der Waals surface area contributed by atoms with E-state index in [0.717, 1.165) is 15.2 Å². The Morgan fingerprint density at radius 3 is 2.70 bits per heavy atom. The Balaban J connectivity index is 1.74. The normalized spacial score (nSPS) is 10.8. The Bertz CT molecular complexity index is 1210. The van der Waals surface area contributed by atoms with Crippen LogP contribution in [0.5, 0.6) is 0 Å². The lowest BCUT2D eigenvalue weighted by molar-refractivity contribution is -0.115. The highest BCUT2D eigenvalue weighted by atomic mass is 127. The number of aromatic nitrogens is 3. The number of halogens is 3. The van der Waals surface area contributed by atoms with Crippen molar-refractivity contribution in [1.82, 2.24) is 15.1 Å². The van der Waals surface area contributed by atoms with E-state index in [2.05, 4.69) is 43.0 Å². The number of nitrogens with one attached hydrogen (secondary N) is 1. The van der Waals surface area contributed by atoms with Gasteiger partial charge in [0.05, 0.1) is 17.7 Å². The third-order valence-corrected chi connectivity index (χ3v) is 5.35. The van der Waals surface area contributed by atoms with E-state index >= 15 is 0 Å². The topological polar surface area (TPSA) is 80.9 Å². The highest BCUT2D eigenvalue weighted by molar-refractivity contribution is 14.1. The highest BCUT2D eigenvalue weighted by Gasteiger charge is 2.25. The number of carbonyl (C=O) groups is 1. The Hall–Kier alpha value is -3.21. The molecule has 0 aliphatic rings. The third-order valence-electron chi connectivity index (χ3n) is 4.30. The van der Waals surface area contributed by atoms with E-state index in [9.17, 15) is 13.6 Å². The molecule has 4 rings (SSSR count). The first-order valence-electron chi connectivity index (χ1n) is 8.78. The first-order valence-corrected chi connectivity index (χ1v) is 9.86. The highest BCUT2D eigenvalue weighted by Crippen LogP contribution is 2.38. The first-order chi connectivity index (χ1) is 14.5. The molecule has 2 aromatic carbocycles. The van der Waals surface area contributed by atoms with Crippen molar-refractivity contribution in [3.05, 3.63) is 81.8 Å². The molecule has 4 aromatic rings. The zero-order chi connectivity index (χ0) is 21.1. The predicted molar refractivity (Wildman–Crippen MR) is 114 cm³/mol. The molecule has 0 saturated heterocycles. The summed E-state index contributed by atoms with van der Waals surface area (Å²) in [7, 11) is 0. The minimum atomic E-state index is -1.07. The van der Waals surface area contributed by atoms with Gasteiger partial charge in [-0.15, -0.1) is 0 Å². The minimum Gasteiger partial charge on any atom is -0.337 e. The average molecular weight is 518 g/mol. The van der Waals surface area contributed by atoms with E-state index in [1.165, 1.54) is 24.7 Å². The van der Waals surface area contributed by atoms with Crippen LogP contribution in [0.3, 0.4) is 0 Å². The summed E-state index contributed by atoms with van der Waals surface area (Å²) in [6, 6.07) is 12.8. The largest absolute Gasteiger partial charge is 0.337 e. The van der Waals surface area contributed by atoms with E-state index in [1.54, 1.807) is 6.07 Å². The van der Waals surface area contributed by atoms with Crippen LogP contribution in [0, 0.1) is 15.2 Å². The molecule has 150 valence electrons. The maximum Gasteiger partial charge on any atom is 0.241 e. The standard InChI is InChI=1S/C21H13F2IN4O2/c22-14-6-3-5-13(19(14)23)20-18(16-8-9-25-11-26-16)21(30-28-20)27-17(29)10-12-4-1-2-7-15(12)24/h1-9,11H,10H2,(H,27,29). The van der Waals surface area contributed by atoms with Crippen LogP contribution >= 0.6 is 22.6 Å². The fourth-order valence-corrected chi connectivity index (χ4v) is 3.49. The SMILES string of the molecule is O=C(Cc1ccccc1I)Nc1onc(-c2cccc(F)c2F)c1-c1ccncn1. The lowest BCUT2D eigenvalue weighted by Crippen LogP contribution is -2.15. The summed E-state index contributed by atoms with van der Waals surface area (Å²) in [5, 5.41) is 6.55. The second-order valence-electron chi connectivity index (χ2n) is 6.25. The number of nitrogens with zero attached hydrogens (tertiary/aromatic N) is 3. The van der Waals surface area contributed by atoms with Gasteiger partial charge in [0, 0.05) is 15.3 Å². The molecule has 0 saturated carbocycles. The van der Waals surface area contributed by atoms with Crippen molar-refractivity contribution < 1.29 is 18.1 Å². The lowest BCUT2D eigenvalue weighted by atomic mass is 10.0. The summed E-state index contributed by atoms with van der Waals surface area (Å²) in [5.41, 5.74) is 1.34. The van der Waals surface area contributed by atoms with Crippen molar-refractivity contribution >= 4 is 34.4 Å². The summed E-state index contributed by atoms with van der Waals surface area (Å²) < 4.78 is 34.4. The van der Waals surface area contributed by atoms with Gasteiger partial charge in [0.15, 0.2) is 11.6 Å². The summed E-state index contributed by atoms with van der Waals surface area (Å²) in [5.74, 6) is -2.45. The molecule has 0 fully saturated rings. The molecule has 0 radical (unpaired) electrons. The van der Waals surface area contributed by atoms with E-state index in [-0.39, 0.29) is 35.0 Å². The van der Waals surface area contributed by atoms with Gasteiger partial charge in [-0.25, -0.2) is 18.7 Å². The molecule has 0 bridgehead atoms. The first kappa shape index (κ1) is 20.1. The van der Waals surface area contributed by atoms with Crippen LogP contribution in [0.1, 0.15) is 5.56 Å². The van der Waals surface area contributed by atoms with Crippen LogP contribution < -0.4 is 5.32 Å². The minimum absolute atomic E-state index is 0.0108. The van der Waals surface area contributed by atoms with Crippen LogP contribution in [0.25, 0.3) is 22.5 Å². The summed E-state index contributed by atoms with van der Waals surface area (Å²) in [6.07, 6.45) is 2.89. The smallest absolute Gasteiger partial charge is 0.241 e. The van der Waals surface area contributed by atoms with Gasteiger partial charge in [0.1, 0.15) is 12.0 Å². The van der Waals surface area contributed by atoms with Crippen molar-refractivity contribution in [3.8, 4) is 22.5 Å². The summed E-state index contributed by atoms with van der Waals surface area (Å²) >= 11 is 2.15. The molecule has 0 atom stereocenters. The monoisotopic (exact) mass is 518 g/mol. The Morgan fingerprint density at radius 1 is 1.10 bits per heavy atom. The molecule has 2 aromatic heterocycles. The lowest BCUT2D eigenvalue weighted by Gasteiger charge is -2.07. The maximum absolute atomic E-state index is 14.4. The molecule has 6 nitrogen and oxygen atoms in total. The van der Waals surface area contributed by atoms with Crippen LogP contribution in [-0.4, -0.2) is 21.0 Å². The predicted octanol–water partition coefficient (Wildman–Crippen LogP) is 4.86. The number of amides is 1. The average Bonchev–Trinajstić information content (AvgIpc) is 3.15. The number of hydrogen-bond donors (Lipinski definition) is 1. The molecule has 9 heteroatoms. The third kappa shape index (κ3) is 4.06. The molecule has 0 unspecified atom stereocenters. The molecular weight excluding hydrogens is 505 g/mol. The van der Waals surface area contributed by atoms with E-state index in [0.29, 0.717) is 5.69 Å². The van der Waals surface area contributed by atoms with Gasteiger partial charge in [0.25, 0.3) is 0 Å². The molecule has 0 aliphatic heterocycles. The van der Waals surface area contributed by atoms with E-state index in [4.69, 9.17) is 4.52 Å². The van der Waals surface area contributed by atoms with Crippen LogP contribution in [-0.2, 0) is 11.2 Å². The summed E-state index contributed by atoms with van der Waals surface area (Å²) in [6.45, 7) is 0. The molecular formula is C21H13F2IN4O2. The number of hydrogen-bond acceptors (Lipinski definition) is 5. The van der Waals surface area contributed by atoms with Crippen LogP contribution in [0.2, 0.25) is 0 Å². The fraction of sp³-hybridized carbons (Fsp3) is 0.0476. The van der Waals surface area contributed by atoms with Crippen LogP contribution in [0.4, 0.5) is 14.7 Å². The van der Waals surface area contributed by atoms with Gasteiger partial charge in [-0.2, -0.15) is 0 Å². The summed E-state index contributed by atoms with van der Waals surface area (Å²) in [4.78, 5) is 20.6. The van der Waals surface area contributed by atoms with Crippen molar-refractivity contribution in [2.45, 2.75) is 6.42 Å². The second-order valence-corrected chi connectivity index (χ2v) is 7.41. The Morgan fingerprint density at radius 2 is 1.93 bits per heavy atom. The molecule has 30 heavy (non-hydrogen) atoms. The van der Waals surface area contributed by atoms with E-state index in [1.807, 2.05) is 24.3 Å². The zero-order valence-corrected chi connectivity index (χ0v) is 17.4. The van der Waals surface area contributed by atoms with Crippen molar-refractivity contribution in [3.63, 3.8) is 0 Å². The molecule has 2 heterocycles. The van der Waals surface area contributed by atoms with Gasteiger partial charge in [-0.1, -0.05) is 29.4 Å². The zero-order valence-electron chi connectivity index (χ0n) is 15.3. The number of carbonyl (C=O) groups excluding carboxylic acids is 1. The molecule has 0 aliphatic carbocycles. The molecule has 0 spiro atoms. The number of rotatable bonds is 5. The van der Waals surface area contributed by atoms with Crippen molar-refractivity contribution in [2.75, 3.05) is 5.32 Å². The van der Waals surface area contributed by atoms with E-state index < -0.39 is 11.6 Å². The van der Waals surface area contributed by atoms with Gasteiger partial charge in [-0.05, 0) is 52.4 Å². The van der Waals surface area contributed by atoms with Gasteiger partial charge < -0.3 is 4.52 Å². The van der Waals surface area contributed by atoms with Gasteiger partial charge in [-0.3, -0.25) is 10.1 Å². The van der Waals surface area contributed by atoms with Gasteiger partial charge in [0.2, 0.25) is 11.8 Å². The number of benzene rings is 2. The second kappa shape index (κ2) is 8.66. The Kier molecular flexibility index (Phi) is 5.79. The molecule has 1 amide bonds.